The maximum atomic E-state index is 11.5. The number of benzene rings is 1. The van der Waals surface area contributed by atoms with Crippen LogP contribution < -0.4 is 0 Å². The Morgan fingerprint density at radius 1 is 1.28 bits per heavy atom. The maximum Gasteiger partial charge on any atom is 0.373 e. The van der Waals surface area contributed by atoms with E-state index >= 15 is 0 Å². The van der Waals surface area contributed by atoms with Crippen LogP contribution in [-0.4, -0.2) is 11.2 Å². The Bertz CT molecular complexity index is 374. The molecule has 3 heteroatoms. The summed E-state index contributed by atoms with van der Waals surface area (Å²) in [4.78, 5) is 15.4. The first-order valence-corrected chi connectivity index (χ1v) is 6.69. The van der Waals surface area contributed by atoms with Crippen LogP contribution >= 0.6 is 0 Å². The van der Waals surface area contributed by atoms with Crippen molar-refractivity contribution in [2.75, 3.05) is 0 Å². The molecule has 1 aromatic carbocycles. The topological polar surface area (TPSA) is 46.5 Å². The Balaban J connectivity index is 2.87. The lowest BCUT2D eigenvalue weighted by Crippen LogP contribution is -2.09. The summed E-state index contributed by atoms with van der Waals surface area (Å²) < 4.78 is 0. The summed E-state index contributed by atoms with van der Waals surface area (Å²) in [7, 11) is 0. The molecule has 100 valence electrons. The molecular formula is C15H22O3. The molecule has 3 nitrogen and oxygen atoms in total. The van der Waals surface area contributed by atoms with E-state index in [-0.39, 0.29) is 0 Å². The van der Waals surface area contributed by atoms with E-state index in [1.807, 2.05) is 12.1 Å². The van der Waals surface area contributed by atoms with Crippen LogP contribution in [0.2, 0.25) is 0 Å². The summed E-state index contributed by atoms with van der Waals surface area (Å²) in [6.07, 6.45) is 5.62. The second-order valence-corrected chi connectivity index (χ2v) is 4.57. The van der Waals surface area contributed by atoms with Crippen molar-refractivity contribution in [3.63, 3.8) is 0 Å². The number of unbranched alkanes of at least 4 members (excludes halogenated alkanes) is 2. The molecular weight excluding hydrogens is 228 g/mol. The molecule has 0 aliphatic heterocycles. The third-order valence-corrected chi connectivity index (χ3v) is 3.35. The van der Waals surface area contributed by atoms with Crippen molar-refractivity contribution < 1.29 is 14.9 Å². The van der Waals surface area contributed by atoms with Gasteiger partial charge in [0.15, 0.2) is 0 Å². The van der Waals surface area contributed by atoms with Gasteiger partial charge in [0.05, 0.1) is 5.56 Å². The normalized spacial score (nSPS) is 12.2. The van der Waals surface area contributed by atoms with E-state index in [4.69, 9.17) is 5.26 Å². The van der Waals surface area contributed by atoms with E-state index in [9.17, 15) is 4.79 Å². The van der Waals surface area contributed by atoms with Crippen LogP contribution in [0.4, 0.5) is 0 Å². The van der Waals surface area contributed by atoms with E-state index in [1.54, 1.807) is 12.1 Å². The predicted molar refractivity (Wildman–Crippen MR) is 71.7 cm³/mol. The largest absolute Gasteiger partial charge is 0.373 e. The van der Waals surface area contributed by atoms with Gasteiger partial charge in [-0.2, -0.15) is 5.26 Å². The molecule has 0 spiro atoms. The Hall–Kier alpha value is -1.35. The highest BCUT2D eigenvalue weighted by atomic mass is 17.1. The first-order chi connectivity index (χ1) is 8.74. The van der Waals surface area contributed by atoms with Crippen LogP contribution in [0.1, 0.15) is 67.8 Å². The van der Waals surface area contributed by atoms with Gasteiger partial charge in [-0.1, -0.05) is 51.3 Å². The zero-order chi connectivity index (χ0) is 13.4. The smallest absolute Gasteiger partial charge is 0.295 e. The van der Waals surface area contributed by atoms with E-state index in [1.165, 1.54) is 12.8 Å². The van der Waals surface area contributed by atoms with Gasteiger partial charge in [-0.15, -0.1) is 0 Å². The molecule has 0 aliphatic rings. The molecule has 0 bridgehead atoms. The molecule has 1 N–H and O–H groups in total. The van der Waals surface area contributed by atoms with Crippen molar-refractivity contribution in [1.29, 1.82) is 0 Å². The fourth-order valence-corrected chi connectivity index (χ4v) is 2.31. The lowest BCUT2D eigenvalue weighted by atomic mass is 9.88. The number of hydrogen-bond donors (Lipinski definition) is 1. The molecule has 1 rings (SSSR count). The van der Waals surface area contributed by atoms with Gasteiger partial charge in [-0.25, -0.2) is 4.79 Å². The standard InChI is InChI=1S/C15H22O3/c1-3-5-6-9-12(4-2)13-10-7-8-11-14(13)15(16)18-17/h7-8,10-12,17H,3-6,9H2,1-2H3. The number of carbonyl (C=O) groups is 1. The molecule has 1 atom stereocenters. The molecule has 1 unspecified atom stereocenters. The number of rotatable bonds is 7. The van der Waals surface area contributed by atoms with Gasteiger partial charge in [0.25, 0.3) is 0 Å². The Morgan fingerprint density at radius 2 is 2.00 bits per heavy atom. The monoisotopic (exact) mass is 250 g/mol. The Labute approximate surface area is 109 Å². The first kappa shape index (κ1) is 14.7. The zero-order valence-corrected chi connectivity index (χ0v) is 11.2. The predicted octanol–water partition coefficient (Wildman–Crippen LogP) is 4.39. The molecule has 0 aromatic heterocycles. The van der Waals surface area contributed by atoms with Crippen LogP contribution in [0, 0.1) is 0 Å². The van der Waals surface area contributed by atoms with Crippen molar-refractivity contribution in [3.8, 4) is 0 Å². The minimum Gasteiger partial charge on any atom is -0.295 e. The molecule has 0 aliphatic carbocycles. The summed E-state index contributed by atoms with van der Waals surface area (Å²) in [5.74, 6) is -0.314. The van der Waals surface area contributed by atoms with Gasteiger partial charge in [-0.3, -0.25) is 4.89 Å². The Morgan fingerprint density at radius 3 is 2.61 bits per heavy atom. The van der Waals surface area contributed by atoms with Crippen molar-refractivity contribution in [2.45, 2.75) is 51.9 Å². The highest BCUT2D eigenvalue weighted by molar-refractivity contribution is 5.90. The van der Waals surface area contributed by atoms with Gasteiger partial charge < -0.3 is 0 Å². The minimum atomic E-state index is -0.667. The fraction of sp³-hybridized carbons (Fsp3) is 0.533. The van der Waals surface area contributed by atoms with Gasteiger partial charge in [0.1, 0.15) is 0 Å². The quantitative estimate of drug-likeness (QED) is 0.443. The van der Waals surface area contributed by atoms with Gasteiger partial charge >= 0.3 is 5.97 Å². The van der Waals surface area contributed by atoms with Crippen molar-refractivity contribution in [1.82, 2.24) is 0 Å². The number of hydrogen-bond acceptors (Lipinski definition) is 3. The molecule has 0 heterocycles. The van der Waals surface area contributed by atoms with Crippen molar-refractivity contribution in [3.05, 3.63) is 35.4 Å². The average molecular weight is 250 g/mol. The van der Waals surface area contributed by atoms with E-state index in [2.05, 4.69) is 18.7 Å². The van der Waals surface area contributed by atoms with Crippen molar-refractivity contribution in [2.24, 2.45) is 0 Å². The Kier molecular flexibility index (Phi) is 6.44. The highest BCUT2D eigenvalue weighted by Gasteiger charge is 2.18. The molecule has 0 radical (unpaired) electrons. The third kappa shape index (κ3) is 3.84. The SMILES string of the molecule is CCCCCC(CC)c1ccccc1C(=O)OO. The van der Waals surface area contributed by atoms with Gasteiger partial charge in [-0.05, 0) is 30.4 Å². The molecule has 18 heavy (non-hydrogen) atoms. The summed E-state index contributed by atoms with van der Waals surface area (Å²) in [5, 5.41) is 8.53. The highest BCUT2D eigenvalue weighted by Crippen LogP contribution is 2.28. The van der Waals surface area contributed by atoms with Crippen LogP contribution in [0.25, 0.3) is 0 Å². The molecule has 0 amide bonds. The van der Waals surface area contributed by atoms with Crippen molar-refractivity contribution >= 4 is 5.97 Å². The summed E-state index contributed by atoms with van der Waals surface area (Å²) >= 11 is 0. The second-order valence-electron chi connectivity index (χ2n) is 4.57. The lowest BCUT2D eigenvalue weighted by molar-refractivity contribution is -0.182. The fourth-order valence-electron chi connectivity index (χ4n) is 2.31. The molecule has 0 fully saturated rings. The summed E-state index contributed by atoms with van der Waals surface area (Å²) in [5.41, 5.74) is 1.46. The van der Waals surface area contributed by atoms with Crippen LogP contribution in [0.15, 0.2) is 24.3 Å². The molecule has 0 saturated carbocycles. The second kappa shape index (κ2) is 7.88. The van der Waals surface area contributed by atoms with E-state index < -0.39 is 5.97 Å². The number of carbonyl (C=O) groups excluding carboxylic acids is 1. The van der Waals surface area contributed by atoms with Crippen LogP contribution in [-0.2, 0) is 4.89 Å². The zero-order valence-electron chi connectivity index (χ0n) is 11.2. The third-order valence-electron chi connectivity index (χ3n) is 3.35. The van der Waals surface area contributed by atoms with Crippen LogP contribution in [0.3, 0.4) is 0 Å². The average Bonchev–Trinajstić information content (AvgIpc) is 2.43. The lowest BCUT2D eigenvalue weighted by Gasteiger charge is -2.17. The molecule has 1 aromatic rings. The minimum absolute atomic E-state index is 0.354. The first-order valence-electron chi connectivity index (χ1n) is 6.69. The molecule has 0 saturated heterocycles. The summed E-state index contributed by atoms with van der Waals surface area (Å²) in [6, 6.07) is 7.36. The van der Waals surface area contributed by atoms with E-state index in [0.29, 0.717) is 11.5 Å². The van der Waals surface area contributed by atoms with E-state index in [0.717, 1.165) is 24.8 Å². The maximum absolute atomic E-state index is 11.5. The van der Waals surface area contributed by atoms with Crippen LogP contribution in [0.5, 0.6) is 0 Å². The van der Waals surface area contributed by atoms with Gasteiger partial charge in [0.2, 0.25) is 0 Å². The van der Waals surface area contributed by atoms with Gasteiger partial charge in [0, 0.05) is 0 Å². The summed E-state index contributed by atoms with van der Waals surface area (Å²) in [6.45, 7) is 4.30.